The smallest absolute Gasteiger partial charge is 0.0832 e. The molecule has 0 bridgehead atoms. The van der Waals surface area contributed by atoms with Crippen molar-refractivity contribution in [3.63, 3.8) is 0 Å². The second-order valence-corrected chi connectivity index (χ2v) is 4.48. The van der Waals surface area contributed by atoms with Crippen LogP contribution in [0.5, 0.6) is 0 Å². The Morgan fingerprint density at radius 1 is 1.71 bits per heavy atom. The van der Waals surface area contributed by atoms with Gasteiger partial charge in [0, 0.05) is 12.6 Å². The topological polar surface area (TPSA) is 47.3 Å². The van der Waals surface area contributed by atoms with Crippen LogP contribution in [-0.2, 0) is 0 Å². The molecular weight excluding hydrogens is 176 g/mol. The van der Waals surface area contributed by atoms with Crippen LogP contribution in [0.25, 0.3) is 0 Å². The van der Waals surface area contributed by atoms with Crippen LogP contribution < -0.4 is 0 Å². The standard InChI is InChI=1S/C11H20N2O/c1-4-10(8-12)11(14)5-6-13(3)9(2)7-11/h9-10,14H,4-7H2,1-3H3. The van der Waals surface area contributed by atoms with E-state index in [9.17, 15) is 5.11 Å². The highest BCUT2D eigenvalue weighted by Gasteiger charge is 2.40. The SMILES string of the molecule is CCC(C#N)C1(O)CCN(C)C(C)C1. The predicted molar refractivity (Wildman–Crippen MR) is 55.7 cm³/mol. The molecule has 3 nitrogen and oxygen atoms in total. The van der Waals surface area contributed by atoms with E-state index in [1.807, 2.05) is 6.92 Å². The Labute approximate surface area is 86.3 Å². The van der Waals surface area contributed by atoms with Gasteiger partial charge >= 0.3 is 0 Å². The lowest BCUT2D eigenvalue weighted by Gasteiger charge is -2.43. The number of hydrogen-bond donors (Lipinski definition) is 1. The van der Waals surface area contributed by atoms with Crippen LogP contribution in [0.15, 0.2) is 0 Å². The predicted octanol–water partition coefficient (Wildman–Crippen LogP) is 1.38. The Bertz CT molecular complexity index is 236. The van der Waals surface area contributed by atoms with Crippen LogP contribution in [0.4, 0.5) is 0 Å². The molecule has 1 aliphatic heterocycles. The summed E-state index contributed by atoms with van der Waals surface area (Å²) in [6.45, 7) is 4.96. The maximum Gasteiger partial charge on any atom is 0.0832 e. The van der Waals surface area contributed by atoms with Gasteiger partial charge in [-0.3, -0.25) is 0 Å². The van der Waals surface area contributed by atoms with Gasteiger partial charge in [-0.2, -0.15) is 5.26 Å². The molecule has 0 saturated carbocycles. The summed E-state index contributed by atoms with van der Waals surface area (Å²) < 4.78 is 0. The van der Waals surface area contributed by atoms with Crippen LogP contribution in [-0.4, -0.2) is 35.2 Å². The average molecular weight is 196 g/mol. The Hall–Kier alpha value is -0.590. The maximum atomic E-state index is 10.4. The maximum absolute atomic E-state index is 10.4. The summed E-state index contributed by atoms with van der Waals surface area (Å²) in [5.41, 5.74) is -0.755. The molecule has 3 atom stereocenters. The molecule has 1 saturated heterocycles. The second-order valence-electron chi connectivity index (χ2n) is 4.48. The van der Waals surface area contributed by atoms with E-state index in [0.29, 0.717) is 6.04 Å². The van der Waals surface area contributed by atoms with Gasteiger partial charge in [-0.05, 0) is 33.2 Å². The number of aliphatic hydroxyl groups is 1. The van der Waals surface area contributed by atoms with E-state index in [2.05, 4.69) is 24.9 Å². The minimum absolute atomic E-state index is 0.210. The molecule has 0 amide bonds. The third-order valence-corrected chi connectivity index (χ3v) is 3.51. The normalized spacial score (nSPS) is 36.4. The third-order valence-electron chi connectivity index (χ3n) is 3.51. The Morgan fingerprint density at radius 3 is 2.79 bits per heavy atom. The number of nitrogens with zero attached hydrogens (tertiary/aromatic N) is 2. The zero-order valence-electron chi connectivity index (χ0n) is 9.32. The van der Waals surface area contributed by atoms with Gasteiger partial charge in [-0.1, -0.05) is 6.92 Å². The van der Waals surface area contributed by atoms with Gasteiger partial charge in [-0.25, -0.2) is 0 Å². The van der Waals surface area contributed by atoms with Crippen LogP contribution in [0.3, 0.4) is 0 Å². The van der Waals surface area contributed by atoms with Crippen LogP contribution in [0.1, 0.15) is 33.1 Å². The lowest BCUT2D eigenvalue weighted by molar-refractivity contribution is -0.0646. The zero-order valence-corrected chi connectivity index (χ0v) is 9.32. The summed E-state index contributed by atoms with van der Waals surface area (Å²) >= 11 is 0. The quantitative estimate of drug-likeness (QED) is 0.726. The van der Waals surface area contributed by atoms with Crippen molar-refractivity contribution in [2.24, 2.45) is 5.92 Å². The molecule has 1 fully saturated rings. The number of nitriles is 1. The molecule has 0 spiro atoms. The Balaban J connectivity index is 2.71. The van der Waals surface area contributed by atoms with E-state index in [1.165, 1.54) is 0 Å². The van der Waals surface area contributed by atoms with E-state index in [0.717, 1.165) is 25.8 Å². The first-order valence-corrected chi connectivity index (χ1v) is 5.35. The Kier molecular flexibility index (Phi) is 3.52. The molecule has 3 heteroatoms. The fourth-order valence-corrected chi connectivity index (χ4v) is 2.27. The van der Waals surface area contributed by atoms with Crippen molar-refractivity contribution >= 4 is 0 Å². The largest absolute Gasteiger partial charge is 0.388 e. The summed E-state index contributed by atoms with van der Waals surface area (Å²) in [6, 6.07) is 2.60. The van der Waals surface area contributed by atoms with E-state index in [1.54, 1.807) is 0 Å². The number of rotatable bonds is 2. The monoisotopic (exact) mass is 196 g/mol. The highest BCUT2D eigenvalue weighted by Crippen LogP contribution is 2.33. The van der Waals surface area contributed by atoms with E-state index in [4.69, 9.17) is 5.26 Å². The molecule has 0 radical (unpaired) electrons. The van der Waals surface area contributed by atoms with Gasteiger partial charge in [-0.15, -0.1) is 0 Å². The molecule has 0 aromatic carbocycles. The molecule has 80 valence electrons. The fourth-order valence-electron chi connectivity index (χ4n) is 2.27. The summed E-state index contributed by atoms with van der Waals surface area (Å²) in [5, 5.41) is 19.3. The molecule has 0 aromatic heterocycles. The lowest BCUT2D eigenvalue weighted by Crippen LogP contribution is -2.51. The molecule has 1 N–H and O–H groups in total. The molecule has 14 heavy (non-hydrogen) atoms. The first-order chi connectivity index (χ1) is 6.53. The van der Waals surface area contributed by atoms with Crippen LogP contribution in [0.2, 0.25) is 0 Å². The van der Waals surface area contributed by atoms with Gasteiger partial charge in [0.15, 0.2) is 0 Å². The third kappa shape index (κ3) is 2.08. The van der Waals surface area contributed by atoms with E-state index < -0.39 is 5.60 Å². The van der Waals surface area contributed by atoms with Gasteiger partial charge in [0.25, 0.3) is 0 Å². The van der Waals surface area contributed by atoms with Crippen LogP contribution >= 0.6 is 0 Å². The number of hydrogen-bond acceptors (Lipinski definition) is 3. The van der Waals surface area contributed by atoms with Gasteiger partial charge in [0.2, 0.25) is 0 Å². The minimum Gasteiger partial charge on any atom is -0.388 e. The van der Waals surface area contributed by atoms with Gasteiger partial charge < -0.3 is 10.0 Å². The average Bonchev–Trinajstić information content (AvgIpc) is 2.14. The van der Waals surface area contributed by atoms with Crippen LogP contribution in [0, 0.1) is 17.2 Å². The lowest BCUT2D eigenvalue weighted by atomic mass is 9.76. The van der Waals surface area contributed by atoms with Crippen molar-refractivity contribution < 1.29 is 5.11 Å². The molecule has 3 unspecified atom stereocenters. The zero-order chi connectivity index (χ0) is 10.8. The molecule has 0 aliphatic carbocycles. The second kappa shape index (κ2) is 4.29. The van der Waals surface area contributed by atoms with Gasteiger partial charge in [0.1, 0.15) is 0 Å². The van der Waals surface area contributed by atoms with E-state index >= 15 is 0 Å². The first-order valence-electron chi connectivity index (χ1n) is 5.35. The highest BCUT2D eigenvalue weighted by molar-refractivity contribution is 5.02. The van der Waals surface area contributed by atoms with Crippen molar-refractivity contribution in [1.82, 2.24) is 4.90 Å². The highest BCUT2D eigenvalue weighted by atomic mass is 16.3. The molecule has 0 aromatic rings. The summed E-state index contributed by atoms with van der Waals surface area (Å²) in [6.07, 6.45) is 2.18. The first kappa shape index (κ1) is 11.5. The number of piperidine rings is 1. The minimum atomic E-state index is -0.755. The van der Waals surface area contributed by atoms with E-state index in [-0.39, 0.29) is 5.92 Å². The molecule has 1 aliphatic rings. The van der Waals surface area contributed by atoms with Crippen molar-refractivity contribution in [1.29, 1.82) is 5.26 Å². The summed E-state index contributed by atoms with van der Waals surface area (Å²) in [5.74, 6) is -0.210. The summed E-state index contributed by atoms with van der Waals surface area (Å²) in [7, 11) is 2.07. The Morgan fingerprint density at radius 2 is 2.36 bits per heavy atom. The number of likely N-dealkylation sites (tertiary alicyclic amines) is 1. The van der Waals surface area contributed by atoms with Crippen molar-refractivity contribution in [3.8, 4) is 6.07 Å². The van der Waals surface area contributed by atoms with Crippen molar-refractivity contribution in [3.05, 3.63) is 0 Å². The van der Waals surface area contributed by atoms with Gasteiger partial charge in [0.05, 0.1) is 17.6 Å². The molecule has 1 rings (SSSR count). The fraction of sp³-hybridized carbons (Fsp3) is 0.909. The summed E-state index contributed by atoms with van der Waals surface area (Å²) in [4.78, 5) is 2.23. The van der Waals surface area contributed by atoms with Crippen molar-refractivity contribution in [2.45, 2.75) is 44.8 Å². The molecule has 1 heterocycles. The van der Waals surface area contributed by atoms with Crippen molar-refractivity contribution in [2.75, 3.05) is 13.6 Å². The molecular formula is C11H20N2O.